The summed E-state index contributed by atoms with van der Waals surface area (Å²) < 4.78 is 11.5. The summed E-state index contributed by atoms with van der Waals surface area (Å²) in [5.41, 5.74) is 6.91. The van der Waals surface area contributed by atoms with Gasteiger partial charge < -0.3 is 15.2 Å². The molecule has 16 heavy (non-hydrogen) atoms. The molecule has 4 heteroatoms. The van der Waals surface area contributed by atoms with Crippen LogP contribution in [0.15, 0.2) is 24.5 Å². The highest BCUT2D eigenvalue weighted by atomic mass is 16.7. The minimum Gasteiger partial charge on any atom is -0.345 e. The Morgan fingerprint density at radius 3 is 2.12 bits per heavy atom. The summed E-state index contributed by atoms with van der Waals surface area (Å²) in [5.74, 6) is -0.869. The molecule has 90 valence electrons. The summed E-state index contributed by atoms with van der Waals surface area (Å²) in [5, 5.41) is 0. The van der Waals surface area contributed by atoms with Gasteiger partial charge >= 0.3 is 0 Å². The van der Waals surface area contributed by atoms with E-state index in [1.54, 1.807) is 12.4 Å². The quantitative estimate of drug-likeness (QED) is 0.746. The molecule has 0 radical (unpaired) electrons. The zero-order chi connectivity index (χ0) is 12.0. The van der Waals surface area contributed by atoms with Crippen LogP contribution >= 0.6 is 0 Å². The van der Waals surface area contributed by atoms with E-state index in [1.165, 1.54) is 0 Å². The Labute approximate surface area is 96.8 Å². The molecule has 0 bridgehead atoms. The largest absolute Gasteiger partial charge is 0.345 e. The SMILES string of the molecule is CCOC(OCC)(c1ccncc1)C(C)N. The number of pyridine rings is 1. The van der Waals surface area contributed by atoms with Crippen LogP contribution in [0, 0.1) is 0 Å². The third kappa shape index (κ3) is 2.58. The minimum absolute atomic E-state index is 0.255. The average molecular weight is 224 g/mol. The summed E-state index contributed by atoms with van der Waals surface area (Å²) >= 11 is 0. The second kappa shape index (κ2) is 5.94. The molecule has 0 aliphatic carbocycles. The molecule has 0 saturated heterocycles. The number of ether oxygens (including phenoxy) is 2. The predicted octanol–water partition coefficient (Wildman–Crippen LogP) is 1.65. The van der Waals surface area contributed by atoms with Gasteiger partial charge in [0.1, 0.15) is 0 Å². The summed E-state index contributed by atoms with van der Waals surface area (Å²) in [6.07, 6.45) is 3.43. The van der Waals surface area contributed by atoms with Gasteiger partial charge in [-0.05, 0) is 32.9 Å². The van der Waals surface area contributed by atoms with Crippen molar-refractivity contribution in [2.45, 2.75) is 32.6 Å². The lowest BCUT2D eigenvalue weighted by molar-refractivity contribution is -0.252. The van der Waals surface area contributed by atoms with Gasteiger partial charge in [-0.1, -0.05) is 0 Å². The summed E-state index contributed by atoms with van der Waals surface area (Å²) in [7, 11) is 0. The van der Waals surface area contributed by atoms with Crippen LogP contribution in [0.1, 0.15) is 26.3 Å². The van der Waals surface area contributed by atoms with E-state index in [4.69, 9.17) is 15.2 Å². The maximum absolute atomic E-state index is 6.01. The van der Waals surface area contributed by atoms with Crippen molar-refractivity contribution in [3.05, 3.63) is 30.1 Å². The minimum atomic E-state index is -0.869. The standard InChI is InChI=1S/C12H20N2O2/c1-4-15-12(10(3)13,16-5-2)11-6-8-14-9-7-11/h6-10H,4-5,13H2,1-3H3. The molecule has 4 nitrogen and oxygen atoms in total. The monoisotopic (exact) mass is 224 g/mol. The molecule has 0 spiro atoms. The molecule has 1 atom stereocenters. The molecule has 0 aromatic carbocycles. The molecule has 1 aromatic rings. The van der Waals surface area contributed by atoms with Crippen LogP contribution in [0.3, 0.4) is 0 Å². The Kier molecular flexibility index (Phi) is 4.86. The third-order valence-corrected chi connectivity index (χ3v) is 2.40. The van der Waals surface area contributed by atoms with E-state index in [0.717, 1.165) is 5.56 Å². The van der Waals surface area contributed by atoms with Crippen molar-refractivity contribution in [1.82, 2.24) is 4.98 Å². The lowest BCUT2D eigenvalue weighted by Gasteiger charge is -2.36. The zero-order valence-electron chi connectivity index (χ0n) is 10.1. The highest BCUT2D eigenvalue weighted by Gasteiger charge is 2.38. The van der Waals surface area contributed by atoms with Gasteiger partial charge in [0.15, 0.2) is 0 Å². The van der Waals surface area contributed by atoms with E-state index >= 15 is 0 Å². The molecule has 0 aliphatic rings. The summed E-state index contributed by atoms with van der Waals surface area (Å²) in [6.45, 7) is 6.83. The maximum atomic E-state index is 6.01. The number of rotatable bonds is 6. The zero-order valence-corrected chi connectivity index (χ0v) is 10.1. The van der Waals surface area contributed by atoms with Gasteiger partial charge in [0.25, 0.3) is 0 Å². The topological polar surface area (TPSA) is 57.4 Å². The number of hydrogen-bond acceptors (Lipinski definition) is 4. The molecule has 0 aliphatic heterocycles. The molecule has 1 aromatic heterocycles. The molecule has 0 fully saturated rings. The van der Waals surface area contributed by atoms with E-state index in [0.29, 0.717) is 13.2 Å². The van der Waals surface area contributed by atoms with Crippen LogP contribution < -0.4 is 5.73 Å². The Hall–Kier alpha value is -0.970. The first kappa shape index (κ1) is 13.1. The van der Waals surface area contributed by atoms with Gasteiger partial charge in [0.05, 0.1) is 6.04 Å². The van der Waals surface area contributed by atoms with Crippen molar-refractivity contribution in [3.63, 3.8) is 0 Å². The smallest absolute Gasteiger partial charge is 0.210 e. The fourth-order valence-electron chi connectivity index (χ4n) is 1.75. The Bertz CT molecular complexity index is 295. The van der Waals surface area contributed by atoms with Crippen molar-refractivity contribution >= 4 is 0 Å². The van der Waals surface area contributed by atoms with Crippen LogP contribution in [-0.4, -0.2) is 24.2 Å². The van der Waals surface area contributed by atoms with Crippen molar-refractivity contribution in [3.8, 4) is 0 Å². The predicted molar refractivity (Wildman–Crippen MR) is 62.8 cm³/mol. The van der Waals surface area contributed by atoms with Crippen molar-refractivity contribution in [2.75, 3.05) is 13.2 Å². The second-order valence-electron chi connectivity index (χ2n) is 3.56. The van der Waals surface area contributed by atoms with Gasteiger partial charge in [0.2, 0.25) is 5.79 Å². The Morgan fingerprint density at radius 2 is 1.75 bits per heavy atom. The molecule has 1 heterocycles. The van der Waals surface area contributed by atoms with Gasteiger partial charge in [0, 0.05) is 31.2 Å². The second-order valence-corrected chi connectivity index (χ2v) is 3.56. The van der Waals surface area contributed by atoms with Crippen LogP contribution in [0.2, 0.25) is 0 Å². The third-order valence-electron chi connectivity index (χ3n) is 2.40. The molecule has 2 N–H and O–H groups in total. The van der Waals surface area contributed by atoms with Crippen molar-refractivity contribution < 1.29 is 9.47 Å². The van der Waals surface area contributed by atoms with Crippen LogP contribution in [0.25, 0.3) is 0 Å². The molecule has 1 rings (SSSR count). The first-order valence-corrected chi connectivity index (χ1v) is 5.61. The average Bonchev–Trinajstić information content (AvgIpc) is 2.29. The van der Waals surface area contributed by atoms with E-state index in [1.807, 2.05) is 32.9 Å². The highest BCUT2D eigenvalue weighted by molar-refractivity contribution is 5.19. The van der Waals surface area contributed by atoms with E-state index < -0.39 is 5.79 Å². The van der Waals surface area contributed by atoms with Crippen LogP contribution in [-0.2, 0) is 15.3 Å². The fraction of sp³-hybridized carbons (Fsp3) is 0.583. The molecule has 0 saturated carbocycles. The lowest BCUT2D eigenvalue weighted by atomic mass is 10.0. The molecular formula is C12H20N2O2. The highest BCUT2D eigenvalue weighted by Crippen LogP contribution is 2.29. The van der Waals surface area contributed by atoms with Crippen LogP contribution in [0.5, 0.6) is 0 Å². The molecule has 1 unspecified atom stereocenters. The van der Waals surface area contributed by atoms with Crippen molar-refractivity contribution in [1.29, 1.82) is 0 Å². The number of hydrogen-bond donors (Lipinski definition) is 1. The summed E-state index contributed by atoms with van der Waals surface area (Å²) in [6, 6.07) is 3.48. The maximum Gasteiger partial charge on any atom is 0.210 e. The van der Waals surface area contributed by atoms with Crippen molar-refractivity contribution in [2.24, 2.45) is 5.73 Å². The van der Waals surface area contributed by atoms with Gasteiger partial charge in [-0.25, -0.2) is 0 Å². The van der Waals surface area contributed by atoms with E-state index in [-0.39, 0.29) is 6.04 Å². The first-order chi connectivity index (χ1) is 7.67. The summed E-state index contributed by atoms with van der Waals surface area (Å²) in [4.78, 5) is 3.99. The number of nitrogens with two attached hydrogens (primary N) is 1. The fourth-order valence-corrected chi connectivity index (χ4v) is 1.75. The van der Waals surface area contributed by atoms with E-state index in [9.17, 15) is 0 Å². The molecular weight excluding hydrogens is 204 g/mol. The van der Waals surface area contributed by atoms with E-state index in [2.05, 4.69) is 4.98 Å². The number of nitrogens with zero attached hydrogens (tertiary/aromatic N) is 1. The normalized spacial score (nSPS) is 13.8. The Morgan fingerprint density at radius 1 is 1.25 bits per heavy atom. The van der Waals surface area contributed by atoms with Gasteiger partial charge in [-0.2, -0.15) is 0 Å². The number of aromatic nitrogens is 1. The lowest BCUT2D eigenvalue weighted by Crippen LogP contribution is -2.48. The van der Waals surface area contributed by atoms with Gasteiger partial charge in [-0.15, -0.1) is 0 Å². The molecule has 0 amide bonds. The van der Waals surface area contributed by atoms with Crippen LogP contribution in [0.4, 0.5) is 0 Å². The Balaban J connectivity index is 3.10. The van der Waals surface area contributed by atoms with Gasteiger partial charge in [-0.3, -0.25) is 4.98 Å². The first-order valence-electron chi connectivity index (χ1n) is 5.61.